The number of aldehydes is 1. The van der Waals surface area contributed by atoms with Crippen LogP contribution in [0, 0.1) is 22.0 Å². The van der Waals surface area contributed by atoms with E-state index in [0.29, 0.717) is 6.29 Å². The number of carbonyl (C=O) groups is 1. The van der Waals surface area contributed by atoms with Crippen LogP contribution in [0.15, 0.2) is 23.1 Å². The molecule has 0 unspecified atom stereocenters. The average Bonchev–Trinajstić information content (AvgIpc) is 2.24. The molecular formula is C10H7NO5S. The molecule has 1 aromatic carbocycles. The van der Waals surface area contributed by atoms with E-state index in [1.807, 2.05) is 5.92 Å². The molecule has 1 aromatic rings. The van der Waals surface area contributed by atoms with Gasteiger partial charge in [0.1, 0.15) is 5.56 Å². The Balaban J connectivity index is 3.47. The molecule has 0 saturated carbocycles. The van der Waals surface area contributed by atoms with Crippen LogP contribution < -0.4 is 0 Å². The first-order valence-corrected chi connectivity index (χ1v) is 6.19. The molecule has 0 aliphatic heterocycles. The zero-order chi connectivity index (χ0) is 13.1. The molecule has 6 nitrogen and oxygen atoms in total. The van der Waals surface area contributed by atoms with E-state index in [9.17, 15) is 23.3 Å². The van der Waals surface area contributed by atoms with Crippen molar-refractivity contribution >= 4 is 21.8 Å². The van der Waals surface area contributed by atoms with Gasteiger partial charge in [0.05, 0.1) is 9.82 Å². The van der Waals surface area contributed by atoms with E-state index >= 15 is 0 Å². The van der Waals surface area contributed by atoms with Crippen molar-refractivity contribution < 1.29 is 18.1 Å². The van der Waals surface area contributed by atoms with E-state index in [0.717, 1.165) is 12.3 Å². The molecule has 0 radical (unpaired) electrons. The maximum absolute atomic E-state index is 11.2. The number of carbonyl (C=O) groups excluding carboxylic acids is 1. The summed E-state index contributed by atoms with van der Waals surface area (Å²) in [5, 5.41) is 10.7. The summed E-state index contributed by atoms with van der Waals surface area (Å²) in [5.74, 6) is 4.30. The van der Waals surface area contributed by atoms with Crippen LogP contribution in [0.1, 0.15) is 5.56 Å². The summed E-state index contributed by atoms with van der Waals surface area (Å²) in [6, 6.07) is 3.33. The highest BCUT2D eigenvalue weighted by Gasteiger charge is 2.17. The van der Waals surface area contributed by atoms with Gasteiger partial charge in [-0.3, -0.25) is 14.9 Å². The topological polar surface area (TPSA) is 94.3 Å². The summed E-state index contributed by atoms with van der Waals surface area (Å²) in [4.78, 5) is 19.9. The third-order valence-electron chi connectivity index (χ3n) is 1.86. The first kappa shape index (κ1) is 12.9. The number of nitrogens with zero attached hydrogens (tertiary/aromatic N) is 1. The van der Waals surface area contributed by atoms with Gasteiger partial charge >= 0.3 is 0 Å². The Hall–Kier alpha value is -2.20. The molecule has 0 atom stereocenters. The van der Waals surface area contributed by atoms with Crippen molar-refractivity contribution in [2.75, 3.05) is 6.26 Å². The van der Waals surface area contributed by atoms with Gasteiger partial charge < -0.3 is 0 Å². The van der Waals surface area contributed by atoms with E-state index in [-0.39, 0.29) is 10.5 Å². The molecule has 88 valence electrons. The number of benzene rings is 1. The molecule has 0 amide bonds. The summed E-state index contributed by atoms with van der Waals surface area (Å²) >= 11 is 0. The summed E-state index contributed by atoms with van der Waals surface area (Å²) in [6.07, 6.45) is 1.25. The van der Waals surface area contributed by atoms with Gasteiger partial charge in [0.15, 0.2) is 16.1 Å². The quantitative estimate of drug-likeness (QED) is 0.332. The predicted molar refractivity (Wildman–Crippen MR) is 59.1 cm³/mol. The minimum atomic E-state index is -3.52. The molecule has 0 spiro atoms. The number of hydrogen-bond acceptors (Lipinski definition) is 5. The van der Waals surface area contributed by atoms with Crippen molar-refractivity contribution in [2.45, 2.75) is 4.90 Å². The Morgan fingerprint density at radius 2 is 2.06 bits per heavy atom. The standard InChI is InChI=1S/C10H7NO5S/c1-17(15,16)9-5-4-8(3-2-6-12)10(7-9)11(13)14/h4-7H,1H3. The van der Waals surface area contributed by atoms with E-state index in [1.54, 1.807) is 0 Å². The maximum atomic E-state index is 11.2. The van der Waals surface area contributed by atoms with Gasteiger partial charge in [-0.15, -0.1) is 0 Å². The van der Waals surface area contributed by atoms with Crippen LogP contribution in [0.4, 0.5) is 5.69 Å². The van der Waals surface area contributed by atoms with Crippen LogP contribution >= 0.6 is 0 Å². The van der Waals surface area contributed by atoms with E-state index in [1.165, 1.54) is 12.1 Å². The maximum Gasteiger partial charge on any atom is 0.286 e. The van der Waals surface area contributed by atoms with E-state index in [2.05, 4.69) is 5.92 Å². The highest BCUT2D eigenvalue weighted by Crippen LogP contribution is 2.22. The minimum Gasteiger partial charge on any atom is -0.289 e. The normalized spacial score (nSPS) is 10.2. The number of hydrogen-bond donors (Lipinski definition) is 0. The molecule has 0 saturated heterocycles. The molecule has 0 N–H and O–H groups in total. The zero-order valence-electron chi connectivity index (χ0n) is 8.71. The lowest BCUT2D eigenvalue weighted by Crippen LogP contribution is -2.00. The van der Waals surface area contributed by atoms with Crippen LogP contribution in [0.25, 0.3) is 0 Å². The van der Waals surface area contributed by atoms with Crippen molar-refractivity contribution in [3.8, 4) is 11.8 Å². The molecule has 0 aromatic heterocycles. The number of sulfone groups is 1. The van der Waals surface area contributed by atoms with Gasteiger partial charge in [-0.25, -0.2) is 8.42 Å². The van der Waals surface area contributed by atoms with Crippen molar-refractivity contribution in [3.63, 3.8) is 0 Å². The van der Waals surface area contributed by atoms with Crippen LogP contribution in [-0.4, -0.2) is 25.9 Å². The first-order chi connectivity index (χ1) is 7.86. The summed E-state index contributed by atoms with van der Waals surface area (Å²) in [5.41, 5.74) is -0.447. The van der Waals surface area contributed by atoms with Crippen LogP contribution in [0.3, 0.4) is 0 Å². The second-order valence-corrected chi connectivity index (χ2v) is 5.11. The minimum absolute atomic E-state index is 0.00509. The van der Waals surface area contributed by atoms with Crippen molar-refractivity contribution in [1.82, 2.24) is 0 Å². The predicted octanol–water partition coefficient (Wildman–Crippen LogP) is 0.549. The Kier molecular flexibility index (Phi) is 3.60. The summed E-state index contributed by atoms with van der Waals surface area (Å²) in [7, 11) is -3.52. The van der Waals surface area contributed by atoms with E-state index in [4.69, 9.17) is 0 Å². The zero-order valence-corrected chi connectivity index (χ0v) is 9.52. The van der Waals surface area contributed by atoms with Gasteiger partial charge in [0.2, 0.25) is 0 Å². The second kappa shape index (κ2) is 4.76. The molecule has 0 aliphatic carbocycles. The van der Waals surface area contributed by atoms with Gasteiger partial charge in [-0.2, -0.15) is 0 Å². The lowest BCUT2D eigenvalue weighted by Gasteiger charge is -1.99. The molecular weight excluding hydrogens is 246 g/mol. The Morgan fingerprint density at radius 1 is 1.41 bits per heavy atom. The fourth-order valence-electron chi connectivity index (χ4n) is 1.11. The van der Waals surface area contributed by atoms with Crippen molar-refractivity contribution in [1.29, 1.82) is 0 Å². The van der Waals surface area contributed by atoms with Crippen LogP contribution in [0.5, 0.6) is 0 Å². The SMILES string of the molecule is CS(=O)(=O)c1ccc(C#CC=O)c([N+](=O)[O-])c1. The molecule has 1 rings (SSSR count). The molecule has 17 heavy (non-hydrogen) atoms. The molecule has 0 fully saturated rings. The monoisotopic (exact) mass is 253 g/mol. The van der Waals surface area contributed by atoms with Gasteiger partial charge in [-0.05, 0) is 18.1 Å². The van der Waals surface area contributed by atoms with Crippen molar-refractivity contribution in [2.24, 2.45) is 0 Å². The third kappa shape index (κ3) is 3.12. The fourth-order valence-corrected chi connectivity index (χ4v) is 1.75. The summed E-state index contributed by atoms with van der Waals surface area (Å²) < 4.78 is 22.4. The fraction of sp³-hybridized carbons (Fsp3) is 0.100. The Labute approximate surface area is 97.3 Å². The Bertz CT molecular complexity index is 636. The third-order valence-corrected chi connectivity index (χ3v) is 2.97. The molecule has 7 heteroatoms. The van der Waals surface area contributed by atoms with Crippen LogP contribution in [0.2, 0.25) is 0 Å². The molecule has 0 aliphatic rings. The average molecular weight is 253 g/mol. The van der Waals surface area contributed by atoms with E-state index < -0.39 is 20.4 Å². The lowest BCUT2D eigenvalue weighted by molar-refractivity contribution is -0.385. The van der Waals surface area contributed by atoms with Gasteiger partial charge in [0.25, 0.3) is 5.69 Å². The highest BCUT2D eigenvalue weighted by atomic mass is 32.2. The lowest BCUT2D eigenvalue weighted by atomic mass is 10.2. The smallest absolute Gasteiger partial charge is 0.286 e. The molecule has 0 bridgehead atoms. The van der Waals surface area contributed by atoms with Crippen molar-refractivity contribution in [3.05, 3.63) is 33.9 Å². The second-order valence-electron chi connectivity index (χ2n) is 3.10. The number of rotatable bonds is 2. The van der Waals surface area contributed by atoms with Gasteiger partial charge in [0, 0.05) is 12.3 Å². The summed E-state index contributed by atoms with van der Waals surface area (Å²) in [6.45, 7) is 0. The Morgan fingerprint density at radius 3 is 2.53 bits per heavy atom. The largest absolute Gasteiger partial charge is 0.289 e. The number of nitro groups is 1. The highest BCUT2D eigenvalue weighted by molar-refractivity contribution is 7.90. The van der Waals surface area contributed by atoms with Crippen LogP contribution in [-0.2, 0) is 14.6 Å². The number of nitro benzene ring substituents is 1. The van der Waals surface area contributed by atoms with Gasteiger partial charge in [-0.1, -0.05) is 5.92 Å². The first-order valence-electron chi connectivity index (χ1n) is 4.30. The molecule has 0 heterocycles.